The summed E-state index contributed by atoms with van der Waals surface area (Å²) in [5, 5.41) is 14.8. The van der Waals surface area contributed by atoms with Crippen molar-refractivity contribution in [3.63, 3.8) is 0 Å². The predicted octanol–water partition coefficient (Wildman–Crippen LogP) is 6.95. The van der Waals surface area contributed by atoms with Crippen LogP contribution < -0.4 is 20.1 Å². The second-order valence-electron chi connectivity index (χ2n) is 16.9. The van der Waals surface area contributed by atoms with Gasteiger partial charge < -0.3 is 44.3 Å². The Morgan fingerprint density at radius 1 is 0.851 bits per heavy atom. The van der Waals surface area contributed by atoms with Gasteiger partial charge in [0.15, 0.2) is 11.5 Å². The number of carboxylic acids is 1. The Labute approximate surface area is 388 Å². The molecule has 3 N–H and O–H groups in total. The molecular weight excluding hydrogens is 863 g/mol. The second kappa shape index (κ2) is 22.1. The van der Waals surface area contributed by atoms with Crippen LogP contribution in [-0.4, -0.2) is 97.7 Å². The number of ether oxygens (including phenoxy) is 5. The van der Waals surface area contributed by atoms with Crippen LogP contribution in [0.2, 0.25) is 0 Å². The number of fused-ring (bicyclic) bond motifs is 3. The van der Waals surface area contributed by atoms with Crippen molar-refractivity contribution in [2.75, 3.05) is 39.3 Å². The van der Waals surface area contributed by atoms with Crippen molar-refractivity contribution in [2.45, 2.75) is 76.5 Å². The number of piperidine rings is 1. The van der Waals surface area contributed by atoms with Crippen LogP contribution in [0.5, 0.6) is 11.5 Å². The Bertz CT molecular complexity index is 2470. The summed E-state index contributed by atoms with van der Waals surface area (Å²) in [6, 6.07) is 24.7. The molecule has 3 amide bonds. The fourth-order valence-electron chi connectivity index (χ4n) is 8.27. The molecule has 6 rings (SSSR count). The van der Waals surface area contributed by atoms with Crippen molar-refractivity contribution in [1.82, 2.24) is 10.2 Å². The van der Waals surface area contributed by atoms with Crippen molar-refractivity contribution in [1.29, 1.82) is 0 Å². The van der Waals surface area contributed by atoms with E-state index in [1.807, 2.05) is 54.6 Å². The van der Waals surface area contributed by atoms with Crippen LogP contribution in [0, 0.1) is 5.41 Å². The number of likely N-dealkylation sites (tertiary alicyclic amines) is 1. The molecule has 4 aromatic rings. The van der Waals surface area contributed by atoms with Crippen molar-refractivity contribution < 1.29 is 62.4 Å². The number of rotatable bonds is 20. The number of aliphatic carboxylic acids is 1. The zero-order valence-corrected chi connectivity index (χ0v) is 37.9. The number of nitrogens with zero attached hydrogens (tertiary/aromatic N) is 1. The normalized spacial score (nSPS) is 15.1. The highest BCUT2D eigenvalue weighted by molar-refractivity contribution is 6.38. The number of nitrogens with one attached hydrogen (secondary N) is 2. The van der Waals surface area contributed by atoms with Gasteiger partial charge in [0.25, 0.3) is 5.91 Å². The molecular formula is C51H55N3O13. The number of aryl methyl sites for hydroxylation is 1. The molecule has 3 atom stereocenters. The lowest BCUT2D eigenvalue weighted by molar-refractivity contribution is -0.165. The maximum absolute atomic E-state index is 14.2. The van der Waals surface area contributed by atoms with Gasteiger partial charge in [-0.2, -0.15) is 0 Å². The zero-order valence-electron chi connectivity index (χ0n) is 37.9. The summed E-state index contributed by atoms with van der Waals surface area (Å²) in [6.07, 6.45) is 0.185. The standard InChI is InChI=1S/C51H55N3O13/c1-6-45(57)66-30-51(2,3)46(58)48(60)54-25-12-11-20-40(54)49(61)67-41(23-21-31-22-24-42(63-4)43(26-31)64-5)32-14-13-15-33(27-32)52-47(59)39(28-44(55)56)53-50(62)65-29-38-36-18-9-7-16-34(36)35-17-8-10-19-37(35)38/h6-10,13-19,22,24,26-27,38-41H,1,11-12,20-21,23,25,28-30H2,2-5H3,(H,52,59)(H,53,62)(H,55,56)/t39-,40-,41+/m0/s1. The van der Waals surface area contributed by atoms with Crippen molar-refractivity contribution in [2.24, 2.45) is 5.41 Å². The lowest BCUT2D eigenvalue weighted by Gasteiger charge is -2.36. The van der Waals surface area contributed by atoms with Gasteiger partial charge in [-0.3, -0.25) is 19.2 Å². The van der Waals surface area contributed by atoms with E-state index < -0.39 is 71.6 Å². The van der Waals surface area contributed by atoms with Gasteiger partial charge in [0.2, 0.25) is 11.7 Å². The van der Waals surface area contributed by atoms with Gasteiger partial charge in [-0.25, -0.2) is 14.4 Å². The first-order valence-electron chi connectivity index (χ1n) is 21.9. The average molecular weight is 918 g/mol. The third-order valence-corrected chi connectivity index (χ3v) is 11.8. The molecule has 0 unspecified atom stereocenters. The quantitative estimate of drug-likeness (QED) is 0.0355. The van der Waals surface area contributed by atoms with Gasteiger partial charge in [0.1, 0.15) is 31.4 Å². The Morgan fingerprint density at radius 3 is 2.19 bits per heavy atom. The van der Waals surface area contributed by atoms with Gasteiger partial charge in [-0.15, -0.1) is 0 Å². The fourth-order valence-corrected chi connectivity index (χ4v) is 8.27. The summed E-state index contributed by atoms with van der Waals surface area (Å²) >= 11 is 0. The summed E-state index contributed by atoms with van der Waals surface area (Å²) in [5.41, 5.74) is 4.09. The smallest absolute Gasteiger partial charge is 0.407 e. The highest BCUT2D eigenvalue weighted by Gasteiger charge is 2.42. The van der Waals surface area contributed by atoms with Crippen LogP contribution in [0.3, 0.4) is 0 Å². The Kier molecular flexibility index (Phi) is 16.2. The molecule has 1 fully saturated rings. The number of ketones is 1. The van der Waals surface area contributed by atoms with Crippen LogP contribution in [0.4, 0.5) is 10.5 Å². The molecule has 0 saturated carbocycles. The van der Waals surface area contributed by atoms with E-state index in [2.05, 4.69) is 17.2 Å². The topological polar surface area (TPSA) is 213 Å². The molecule has 1 saturated heterocycles. The molecule has 0 bridgehead atoms. The number of hydrogen-bond acceptors (Lipinski definition) is 12. The molecule has 2 aliphatic rings. The van der Waals surface area contributed by atoms with Gasteiger partial charge in [-0.1, -0.05) is 73.3 Å². The van der Waals surface area contributed by atoms with E-state index in [0.29, 0.717) is 36.3 Å². The van der Waals surface area contributed by atoms with E-state index in [9.17, 15) is 38.7 Å². The SMILES string of the molecule is C=CC(=O)OCC(C)(C)C(=O)C(=O)N1CCCC[C@H]1C(=O)O[C@H](CCc1ccc(OC)c(OC)c1)c1cccc(NC(=O)[C@H](CC(=O)O)NC(=O)OCC2c3ccccc3-c3ccccc32)c1. The first-order chi connectivity index (χ1) is 32.1. The second-order valence-corrected chi connectivity index (χ2v) is 16.9. The number of amides is 3. The molecule has 0 radical (unpaired) electrons. The molecule has 67 heavy (non-hydrogen) atoms. The maximum Gasteiger partial charge on any atom is 0.407 e. The average Bonchev–Trinajstić information content (AvgIpc) is 3.66. The molecule has 1 aliphatic carbocycles. The summed E-state index contributed by atoms with van der Waals surface area (Å²) < 4.78 is 27.8. The number of alkyl carbamates (subject to hydrolysis) is 1. The van der Waals surface area contributed by atoms with E-state index >= 15 is 0 Å². The first kappa shape index (κ1) is 49.0. The highest BCUT2D eigenvalue weighted by Crippen LogP contribution is 2.44. The monoisotopic (exact) mass is 917 g/mol. The van der Waals surface area contributed by atoms with Gasteiger partial charge >= 0.3 is 24.0 Å². The lowest BCUT2D eigenvalue weighted by Crippen LogP contribution is -2.53. The Hall–Kier alpha value is -7.49. The minimum absolute atomic E-state index is 0.0545. The number of anilines is 1. The number of carbonyl (C=O) groups is 7. The van der Waals surface area contributed by atoms with E-state index in [1.54, 1.807) is 36.4 Å². The first-order valence-corrected chi connectivity index (χ1v) is 21.9. The van der Waals surface area contributed by atoms with E-state index in [0.717, 1.165) is 33.9 Å². The van der Waals surface area contributed by atoms with Gasteiger partial charge in [-0.05, 0) is 104 Å². The van der Waals surface area contributed by atoms with Crippen LogP contribution in [0.1, 0.15) is 80.2 Å². The lowest BCUT2D eigenvalue weighted by atomic mass is 9.87. The molecule has 1 heterocycles. The number of esters is 2. The Morgan fingerprint density at radius 2 is 1.54 bits per heavy atom. The summed E-state index contributed by atoms with van der Waals surface area (Å²) in [7, 11) is 3.03. The fraction of sp³-hybridized carbons (Fsp3) is 0.353. The molecule has 16 heteroatoms. The van der Waals surface area contributed by atoms with E-state index in [1.165, 1.54) is 33.0 Å². The minimum Gasteiger partial charge on any atom is -0.493 e. The Balaban J connectivity index is 1.19. The third kappa shape index (κ3) is 12.1. The van der Waals surface area contributed by atoms with Crippen LogP contribution >= 0.6 is 0 Å². The van der Waals surface area contributed by atoms with Crippen molar-refractivity contribution in [3.8, 4) is 22.6 Å². The van der Waals surface area contributed by atoms with Crippen molar-refractivity contribution >= 4 is 47.3 Å². The van der Waals surface area contributed by atoms with Gasteiger partial charge in [0, 0.05) is 24.2 Å². The minimum atomic E-state index is -1.54. The number of benzene rings is 4. The number of Topliss-reactive ketones (excluding diaryl/α,β-unsaturated/α-hetero) is 1. The molecule has 1 aliphatic heterocycles. The molecule has 4 aromatic carbocycles. The largest absolute Gasteiger partial charge is 0.493 e. The summed E-state index contributed by atoms with van der Waals surface area (Å²) in [5.74, 6) is -4.68. The number of carboxylic acid groups (broad SMARTS) is 1. The number of methoxy groups -OCH3 is 2. The molecule has 352 valence electrons. The van der Waals surface area contributed by atoms with E-state index in [4.69, 9.17) is 23.7 Å². The summed E-state index contributed by atoms with van der Waals surface area (Å²) in [6.45, 7) is 5.98. The predicted molar refractivity (Wildman–Crippen MR) is 245 cm³/mol. The van der Waals surface area contributed by atoms with E-state index in [-0.39, 0.29) is 44.2 Å². The van der Waals surface area contributed by atoms with Crippen LogP contribution in [0.25, 0.3) is 11.1 Å². The number of carbonyl (C=O) groups excluding carboxylic acids is 6. The van der Waals surface area contributed by atoms with Gasteiger partial charge in [0.05, 0.1) is 26.1 Å². The number of hydrogen-bond donors (Lipinski definition) is 3. The molecule has 0 spiro atoms. The molecule has 0 aromatic heterocycles. The maximum atomic E-state index is 14.2. The van der Waals surface area contributed by atoms with Crippen LogP contribution in [-0.2, 0) is 49.4 Å². The van der Waals surface area contributed by atoms with Crippen LogP contribution in [0.15, 0.2) is 104 Å². The molecule has 16 nitrogen and oxygen atoms in total. The van der Waals surface area contributed by atoms with Crippen molar-refractivity contribution in [3.05, 3.63) is 126 Å². The zero-order chi connectivity index (χ0) is 48.3. The summed E-state index contributed by atoms with van der Waals surface area (Å²) in [4.78, 5) is 93.3. The third-order valence-electron chi connectivity index (χ3n) is 11.8. The highest BCUT2D eigenvalue weighted by atomic mass is 16.6.